The van der Waals surface area contributed by atoms with Gasteiger partial charge in [-0.2, -0.15) is 0 Å². The van der Waals surface area contributed by atoms with Crippen molar-refractivity contribution in [3.63, 3.8) is 0 Å². The highest BCUT2D eigenvalue weighted by Crippen LogP contribution is 2.35. The minimum Gasteiger partial charge on any atom is -0.508 e. The van der Waals surface area contributed by atoms with Gasteiger partial charge in [0.05, 0.1) is 31.6 Å². The van der Waals surface area contributed by atoms with Crippen LogP contribution in [0.15, 0.2) is 183 Å². The van der Waals surface area contributed by atoms with Gasteiger partial charge in [0, 0.05) is 126 Å². The number of H-pyrrole nitrogens is 1. The van der Waals surface area contributed by atoms with E-state index < -0.39 is 217 Å². The van der Waals surface area contributed by atoms with E-state index in [1.807, 2.05) is 36.4 Å². The molecule has 13 rings (SSSR count). The molecule has 4 saturated heterocycles. The number of para-hydroxylation sites is 1. The number of carbonyl (C=O) groups is 17. The van der Waals surface area contributed by atoms with Crippen molar-refractivity contribution in [2.45, 2.75) is 196 Å². The molecule has 16 atom stereocenters. The van der Waals surface area contributed by atoms with Crippen molar-refractivity contribution in [2.75, 3.05) is 66.6 Å². The number of aromatic nitrogens is 3. The lowest BCUT2D eigenvalue weighted by Crippen LogP contribution is -2.60. The largest absolute Gasteiger partial charge is 0.508 e. The van der Waals surface area contributed by atoms with E-state index >= 15 is 43.2 Å². The van der Waals surface area contributed by atoms with Crippen LogP contribution in [0.5, 0.6) is 11.5 Å². The van der Waals surface area contributed by atoms with Gasteiger partial charge in [0.2, 0.25) is 88.6 Å². The van der Waals surface area contributed by atoms with Crippen LogP contribution in [0.2, 0.25) is 0 Å². The van der Waals surface area contributed by atoms with Crippen molar-refractivity contribution in [3.8, 4) is 22.6 Å². The molecule has 4 aliphatic rings. The summed E-state index contributed by atoms with van der Waals surface area (Å²) in [5, 5.41) is 62.3. The number of carboxylic acids is 2. The van der Waals surface area contributed by atoms with Gasteiger partial charge in [0.1, 0.15) is 96.9 Å². The average Bonchev–Trinajstić information content (AvgIpc) is 1.57. The van der Waals surface area contributed by atoms with Crippen molar-refractivity contribution >= 4 is 122 Å². The first-order chi connectivity index (χ1) is 70.3. The molecule has 19 N–H and O–H groups in total. The number of phenolic OH excluding ortho intramolecular Hbond substituents is 1. The molecule has 0 aliphatic carbocycles. The fraction of sp³-hybridized carbons (Fsp3) is 0.400. The molecule has 0 radical (unpaired) electrons. The molecule has 7 aromatic carbocycles. The van der Waals surface area contributed by atoms with Gasteiger partial charge in [-0.3, -0.25) is 76.7 Å². The number of aryl methyl sites for hydroxylation is 1. The molecule has 2 aromatic heterocycles. The number of rotatable bonds is 24. The van der Waals surface area contributed by atoms with E-state index in [1.54, 1.807) is 105 Å². The van der Waals surface area contributed by atoms with Gasteiger partial charge in [-0.05, 0) is 157 Å². The number of aliphatic carboxylic acids is 1. The van der Waals surface area contributed by atoms with E-state index in [9.17, 15) is 53.7 Å². The Hall–Kier alpha value is -16.1. The summed E-state index contributed by atoms with van der Waals surface area (Å²) in [7, 11) is 2.54. The maximum absolute atomic E-state index is 16.1. The molecule has 0 saturated carbocycles. The van der Waals surface area contributed by atoms with E-state index in [0.29, 0.717) is 44.3 Å². The number of hydrogen-bond donors (Lipinski definition) is 17. The van der Waals surface area contributed by atoms with Crippen molar-refractivity contribution in [2.24, 2.45) is 17.4 Å². The third-order valence-electron chi connectivity index (χ3n) is 26.9. The number of nitrogens with one attached hydrogen (secondary N) is 12. The second kappa shape index (κ2) is 49.9. The highest BCUT2D eigenvalue weighted by atomic mass is 16.5. The number of methoxy groups -OCH3 is 1. The first-order valence-corrected chi connectivity index (χ1v) is 48.7. The number of phenols is 1. The number of carbonyl (C=O) groups excluding carboxylic acids is 15. The molecule has 147 heavy (non-hydrogen) atoms. The average molecular weight is 2020 g/mol. The highest BCUT2D eigenvalue weighted by molar-refractivity contribution is 6.03. The Morgan fingerprint density at radius 1 is 0.524 bits per heavy atom. The van der Waals surface area contributed by atoms with Gasteiger partial charge in [-0.15, -0.1) is 0 Å². The number of likely N-dealkylation sites (N-methyl/N-ethyl adjacent to an activating group) is 1. The van der Waals surface area contributed by atoms with Crippen molar-refractivity contribution in [3.05, 3.63) is 227 Å². The van der Waals surface area contributed by atoms with E-state index in [0.717, 1.165) is 44.5 Å². The number of aromatic hydroxyl groups is 1. The lowest BCUT2D eigenvalue weighted by molar-refractivity contribution is -0.148. The van der Waals surface area contributed by atoms with Gasteiger partial charge in [-0.25, -0.2) is 14.8 Å². The summed E-state index contributed by atoms with van der Waals surface area (Å²) in [4.78, 5) is 267. The minimum absolute atomic E-state index is 0.0382. The Morgan fingerprint density at radius 3 is 1.71 bits per heavy atom. The molecular weight excluding hydrogens is 1890 g/mol. The summed E-state index contributed by atoms with van der Waals surface area (Å²) < 4.78 is 11.3. The van der Waals surface area contributed by atoms with Crippen LogP contribution in [0.25, 0.3) is 32.8 Å². The smallest absolute Gasteiger partial charge is 0.335 e. The maximum atomic E-state index is 16.1. The topological polar surface area (TPSA) is 608 Å². The van der Waals surface area contributed by atoms with Crippen LogP contribution < -0.4 is 74.7 Å². The Labute approximate surface area is 846 Å². The zero-order valence-corrected chi connectivity index (χ0v) is 82.4. The van der Waals surface area contributed by atoms with Crippen LogP contribution in [-0.2, 0) is 114 Å². The molecule has 42 nitrogen and oxygen atoms in total. The summed E-state index contributed by atoms with van der Waals surface area (Å²) in [5.74, 6) is -17.9. The number of hydrogen-bond acceptors (Lipinski definition) is 24. The number of carboxylic acid groups (broad SMARTS) is 2. The molecule has 0 spiro atoms. The molecule has 9 aromatic rings. The van der Waals surface area contributed by atoms with Gasteiger partial charge in [-0.1, -0.05) is 128 Å². The maximum Gasteiger partial charge on any atom is 0.335 e. The monoisotopic (exact) mass is 2020 g/mol. The summed E-state index contributed by atoms with van der Waals surface area (Å²) in [5.41, 5.74) is 18.9. The summed E-state index contributed by atoms with van der Waals surface area (Å²) >= 11 is 0. The van der Waals surface area contributed by atoms with Crippen LogP contribution >= 0.6 is 0 Å². The van der Waals surface area contributed by atoms with Crippen molar-refractivity contribution in [1.29, 1.82) is 0 Å². The molecule has 776 valence electrons. The van der Waals surface area contributed by atoms with Crippen molar-refractivity contribution in [1.82, 2.24) is 93.0 Å². The number of amides is 15. The first-order valence-electron chi connectivity index (χ1n) is 48.7. The third kappa shape index (κ3) is 28.5. The van der Waals surface area contributed by atoms with Gasteiger partial charge < -0.3 is 119 Å². The zero-order valence-electron chi connectivity index (χ0n) is 82.4. The molecule has 0 bridgehead atoms. The van der Waals surface area contributed by atoms with Gasteiger partial charge in [0.25, 0.3) is 0 Å². The number of fused-ring (bicyclic) bond motifs is 5. The quantitative estimate of drug-likeness (QED) is 0.0379. The van der Waals surface area contributed by atoms with Crippen LogP contribution in [0, 0.1) is 12.8 Å². The predicted octanol–water partition coefficient (Wildman–Crippen LogP) is 1.29. The number of ether oxygens (including phenoxy) is 2. The molecule has 15 amide bonds. The summed E-state index contributed by atoms with van der Waals surface area (Å²) in [6.07, 6.45) is 3.74. The predicted molar refractivity (Wildman–Crippen MR) is 536 cm³/mol. The van der Waals surface area contributed by atoms with Crippen LogP contribution in [0.3, 0.4) is 0 Å². The highest BCUT2D eigenvalue weighted by Gasteiger charge is 2.50. The van der Waals surface area contributed by atoms with E-state index in [4.69, 9.17) is 20.9 Å². The number of benzene rings is 7. The van der Waals surface area contributed by atoms with Crippen LogP contribution in [0.1, 0.15) is 121 Å². The number of aromatic carboxylic acids is 1. The molecule has 4 aliphatic heterocycles. The molecule has 4 fully saturated rings. The van der Waals surface area contributed by atoms with Gasteiger partial charge in [0.15, 0.2) is 0 Å². The summed E-state index contributed by atoms with van der Waals surface area (Å²) in [6, 6.07) is 21.8. The fourth-order valence-corrected chi connectivity index (χ4v) is 19.0. The second-order valence-electron chi connectivity index (χ2n) is 37.8. The molecule has 42 heteroatoms. The zero-order chi connectivity index (χ0) is 106. The fourth-order valence-electron chi connectivity index (χ4n) is 19.0. The Morgan fingerprint density at radius 2 is 1.06 bits per heavy atom. The van der Waals surface area contributed by atoms with E-state index in [1.165, 1.54) is 92.5 Å². The van der Waals surface area contributed by atoms with E-state index in [-0.39, 0.29) is 120 Å². The number of aromatic amines is 1. The third-order valence-corrected chi connectivity index (χ3v) is 26.9. The van der Waals surface area contributed by atoms with E-state index in [2.05, 4.69) is 73.4 Å². The minimum atomic E-state index is -1.98. The van der Waals surface area contributed by atoms with Crippen LogP contribution in [-0.4, -0.2) is 302 Å². The number of nitrogens with two attached hydrogens (primary N) is 2. The Balaban J connectivity index is 0.878. The Bertz CT molecular complexity index is 6330. The molecule has 0 unspecified atom stereocenters. The SMILES string of the molecule is COCCC[C@@H]1NC(=O)[C@H](Cc2ccc(O)cc2)NC(=O)CNC(=O)[C@@H](C)N(C)C(=O)[C@H](CC(=O)O)NC(=O)[C@H]([C@@H](C)c2cc(C)cc3ccccc23)NC(=O)[C@@H]2C[C@@H](N)CN2C(=O)CNC(=O)[C@H](Cc2ccc(C(=O)O)cc2)NC(=O)[C@H](Cc2c[nH]c3ccccc23)NC(=O)[C@H](Cc2ccc(OCCNC(C)=O)cc2)NC(=O)[C@@H]2C[C@@H](Cc3ccc(-c4cncnc4)cc3)CN2C(=O)[C@H]2C[C@H](N)CN2C(=O)[C@H](C)NC1=O. The second-order valence-corrected chi connectivity index (χ2v) is 37.8. The molecule has 6 heterocycles. The first kappa shape index (κ1) is 108. The normalized spacial score (nSPS) is 23.9. The summed E-state index contributed by atoms with van der Waals surface area (Å²) in [6.45, 7) is 5.22. The standard InChI is InChI=1S/C105H124N20O22/c1-57-37-69-13-8-9-14-76(69)78(38-57)58(2)92-101(140)120-85(47-91(130)131)103(142)122(6)60(4)93(132)112-51-89(128)115-82(41-64-22-30-74(127)31-23-64)96(135)116-80(17-12-35-146-7)95(134)114-59(3)102(141)125-55-73(107)46-88(125)104(143)124-53-66(39-62-18-26-67(27-19-62)71-48-108-56-109-49-71)43-86(124)99(138)119-83(42-65-24-32-75(33-25-65)147-36-34-110-61(5)126)97(136)118-84(44-70-50-111-79-16-11-10-15-77(70)79)98(137)117-81(40-63-20-28-68(29-21-63)105(144)145)94(133)113-52-90(129)123-54-72(106)45-87(123)100(139)121-92/h8-11,13-16,18-33,37-38,48-50,56,58-60,66,72-73,80-88,92,111,127H,12,17,34-36,39-47,51-55,106-107H2,1-7H3,(H,110,126)(H,112,132)(H,113,133)(H,114,134)(H,115,128)(H,116,135)(H,117,137)(H,118,136)(H,119,138)(H,120,140)(H,121,139)(H,130,131)(H,144,145)/t58-,59-,60+,66+,72+,73-,80-,81-,82-,83-,84-,85-,86-,87-,88+,92-/m0/s1. The lowest BCUT2D eigenvalue weighted by Gasteiger charge is -2.33. The Kier molecular flexibility index (Phi) is 36.7. The number of nitrogens with zero attached hydrogens (tertiary/aromatic N) is 6. The van der Waals surface area contributed by atoms with Crippen molar-refractivity contribution < 1.29 is 106 Å². The molecular formula is C105H124N20O22. The van der Waals surface area contributed by atoms with Gasteiger partial charge >= 0.3 is 11.9 Å². The lowest BCUT2D eigenvalue weighted by atomic mass is 9.87. The van der Waals surface area contributed by atoms with Crippen LogP contribution in [0.4, 0.5) is 0 Å².